The van der Waals surface area contributed by atoms with E-state index in [9.17, 15) is 4.79 Å². The number of rotatable bonds is 4. The molecule has 0 saturated carbocycles. The maximum Gasteiger partial charge on any atom is 0.274 e. The number of aromatic nitrogens is 2. The topological polar surface area (TPSA) is 76.6 Å². The number of morpholine rings is 1. The maximum absolute atomic E-state index is 12.5. The number of pyridine rings is 2. The average molecular weight is 364 g/mol. The Morgan fingerprint density at radius 1 is 1.15 bits per heavy atom. The Morgan fingerprint density at radius 2 is 2.00 bits per heavy atom. The number of anilines is 2. The van der Waals surface area contributed by atoms with Crippen molar-refractivity contribution >= 4 is 28.3 Å². The fourth-order valence-corrected chi connectivity index (χ4v) is 2.99. The van der Waals surface area contributed by atoms with Crippen molar-refractivity contribution in [1.82, 2.24) is 9.97 Å². The Balaban J connectivity index is 1.47. The smallest absolute Gasteiger partial charge is 0.274 e. The van der Waals surface area contributed by atoms with Gasteiger partial charge in [0.1, 0.15) is 17.3 Å². The highest BCUT2D eigenvalue weighted by Gasteiger charge is 2.13. The van der Waals surface area contributed by atoms with Gasteiger partial charge in [-0.25, -0.2) is 9.97 Å². The molecule has 138 valence electrons. The van der Waals surface area contributed by atoms with E-state index in [1.54, 1.807) is 19.4 Å². The van der Waals surface area contributed by atoms with Gasteiger partial charge in [-0.15, -0.1) is 0 Å². The minimum absolute atomic E-state index is 0.270. The highest BCUT2D eigenvalue weighted by atomic mass is 16.5. The Bertz CT molecular complexity index is 953. The molecule has 3 aromatic rings. The molecule has 7 nitrogen and oxygen atoms in total. The third-order valence-corrected chi connectivity index (χ3v) is 4.47. The number of ether oxygens (including phenoxy) is 2. The van der Waals surface area contributed by atoms with Gasteiger partial charge in [0.2, 0.25) is 0 Å². The zero-order valence-corrected chi connectivity index (χ0v) is 15.0. The first-order valence-corrected chi connectivity index (χ1v) is 8.78. The van der Waals surface area contributed by atoms with Gasteiger partial charge in [0.05, 0.1) is 37.7 Å². The molecule has 3 heterocycles. The first-order chi connectivity index (χ1) is 13.2. The van der Waals surface area contributed by atoms with Crippen molar-refractivity contribution in [3.63, 3.8) is 0 Å². The normalized spacial score (nSPS) is 14.2. The summed E-state index contributed by atoms with van der Waals surface area (Å²) in [6, 6.07) is 12.9. The van der Waals surface area contributed by atoms with Crippen molar-refractivity contribution in [3.8, 4) is 5.75 Å². The second kappa shape index (κ2) is 7.59. The Kier molecular flexibility index (Phi) is 4.84. The molecular formula is C20H20N4O3. The Hall–Kier alpha value is -3.19. The molecule has 1 amide bonds. The Morgan fingerprint density at radius 3 is 2.74 bits per heavy atom. The minimum Gasteiger partial charge on any atom is -0.497 e. The van der Waals surface area contributed by atoms with E-state index in [0.29, 0.717) is 24.6 Å². The second-order valence-corrected chi connectivity index (χ2v) is 6.21. The van der Waals surface area contributed by atoms with Gasteiger partial charge in [0, 0.05) is 18.5 Å². The van der Waals surface area contributed by atoms with Crippen molar-refractivity contribution in [2.45, 2.75) is 0 Å². The van der Waals surface area contributed by atoms with E-state index in [0.717, 1.165) is 35.6 Å². The summed E-state index contributed by atoms with van der Waals surface area (Å²) in [6.45, 7) is 3.06. The quantitative estimate of drug-likeness (QED) is 0.767. The minimum atomic E-state index is -0.270. The molecule has 27 heavy (non-hydrogen) atoms. The van der Waals surface area contributed by atoms with E-state index >= 15 is 0 Å². The molecule has 0 radical (unpaired) electrons. The molecule has 0 atom stereocenters. The number of methoxy groups -OCH3 is 1. The predicted molar refractivity (Wildman–Crippen MR) is 104 cm³/mol. The fourth-order valence-electron chi connectivity index (χ4n) is 2.99. The van der Waals surface area contributed by atoms with E-state index in [-0.39, 0.29) is 5.91 Å². The number of hydrogen-bond acceptors (Lipinski definition) is 6. The highest BCUT2D eigenvalue weighted by molar-refractivity contribution is 6.04. The van der Waals surface area contributed by atoms with Crippen LogP contribution in [0.4, 0.5) is 11.5 Å². The van der Waals surface area contributed by atoms with Crippen molar-refractivity contribution in [2.24, 2.45) is 0 Å². The number of amides is 1. The van der Waals surface area contributed by atoms with Gasteiger partial charge in [-0.3, -0.25) is 4.79 Å². The molecular weight excluding hydrogens is 344 g/mol. The fraction of sp³-hybridized carbons (Fsp3) is 0.250. The van der Waals surface area contributed by atoms with Crippen LogP contribution < -0.4 is 15.0 Å². The number of nitrogens with zero attached hydrogens (tertiary/aromatic N) is 3. The van der Waals surface area contributed by atoms with Crippen LogP contribution in [0.2, 0.25) is 0 Å². The number of nitrogens with one attached hydrogen (secondary N) is 1. The predicted octanol–water partition coefficient (Wildman–Crippen LogP) is 2.73. The van der Waals surface area contributed by atoms with Gasteiger partial charge in [-0.1, -0.05) is 6.07 Å². The van der Waals surface area contributed by atoms with Gasteiger partial charge < -0.3 is 19.7 Å². The number of carbonyl (C=O) groups excluding carboxylic acids is 1. The summed E-state index contributed by atoms with van der Waals surface area (Å²) in [5, 5.41) is 3.76. The van der Waals surface area contributed by atoms with E-state index < -0.39 is 0 Å². The van der Waals surface area contributed by atoms with Gasteiger partial charge >= 0.3 is 0 Å². The molecule has 0 unspecified atom stereocenters. The first kappa shape index (κ1) is 17.2. The summed E-state index contributed by atoms with van der Waals surface area (Å²) < 4.78 is 10.6. The largest absolute Gasteiger partial charge is 0.497 e. The van der Waals surface area contributed by atoms with Crippen LogP contribution in [0.25, 0.3) is 10.9 Å². The van der Waals surface area contributed by atoms with Crippen LogP contribution in [0.1, 0.15) is 10.5 Å². The third kappa shape index (κ3) is 3.83. The van der Waals surface area contributed by atoms with Crippen molar-refractivity contribution in [2.75, 3.05) is 43.6 Å². The number of benzene rings is 1. The van der Waals surface area contributed by atoms with Crippen molar-refractivity contribution < 1.29 is 14.3 Å². The van der Waals surface area contributed by atoms with E-state index in [1.165, 1.54) is 0 Å². The molecule has 1 aliphatic heterocycles. The monoisotopic (exact) mass is 364 g/mol. The van der Waals surface area contributed by atoms with Crippen molar-refractivity contribution in [1.29, 1.82) is 0 Å². The highest BCUT2D eigenvalue weighted by Crippen LogP contribution is 2.20. The molecule has 4 rings (SSSR count). The van der Waals surface area contributed by atoms with Gasteiger partial charge in [-0.2, -0.15) is 0 Å². The second-order valence-electron chi connectivity index (χ2n) is 6.21. The SMILES string of the molecule is COc1ccc2nc(C(=O)Nc3ccc(N4CCOCC4)nc3)ccc2c1. The lowest BCUT2D eigenvalue weighted by molar-refractivity contribution is 0.102. The van der Waals surface area contributed by atoms with E-state index in [4.69, 9.17) is 9.47 Å². The summed E-state index contributed by atoms with van der Waals surface area (Å²) in [7, 11) is 1.62. The van der Waals surface area contributed by atoms with Crippen LogP contribution in [0.15, 0.2) is 48.7 Å². The first-order valence-electron chi connectivity index (χ1n) is 8.78. The molecule has 2 aromatic heterocycles. The molecule has 0 spiro atoms. The summed E-state index contributed by atoms with van der Waals surface area (Å²) >= 11 is 0. The van der Waals surface area contributed by atoms with E-state index in [2.05, 4.69) is 20.2 Å². The lowest BCUT2D eigenvalue weighted by Crippen LogP contribution is -2.36. The summed E-state index contributed by atoms with van der Waals surface area (Å²) in [5.41, 5.74) is 1.72. The van der Waals surface area contributed by atoms with Crippen LogP contribution in [-0.2, 0) is 4.74 Å². The lowest BCUT2D eigenvalue weighted by Gasteiger charge is -2.27. The van der Waals surface area contributed by atoms with Crippen molar-refractivity contribution in [3.05, 3.63) is 54.4 Å². The molecule has 1 N–H and O–H groups in total. The zero-order chi connectivity index (χ0) is 18.6. The van der Waals surface area contributed by atoms with Gasteiger partial charge in [-0.05, 0) is 36.4 Å². The molecule has 0 aliphatic carbocycles. The maximum atomic E-state index is 12.5. The van der Waals surface area contributed by atoms with Gasteiger partial charge in [0.25, 0.3) is 5.91 Å². The van der Waals surface area contributed by atoms with Crippen LogP contribution in [0.5, 0.6) is 5.75 Å². The molecule has 1 saturated heterocycles. The number of carbonyl (C=O) groups is 1. The number of fused-ring (bicyclic) bond motifs is 1. The molecule has 1 aromatic carbocycles. The lowest BCUT2D eigenvalue weighted by atomic mass is 10.2. The van der Waals surface area contributed by atoms with Crippen LogP contribution in [0.3, 0.4) is 0 Å². The van der Waals surface area contributed by atoms with Crippen LogP contribution in [-0.4, -0.2) is 49.3 Å². The van der Waals surface area contributed by atoms with Crippen LogP contribution in [0, 0.1) is 0 Å². The molecule has 0 bridgehead atoms. The zero-order valence-electron chi connectivity index (χ0n) is 15.0. The van der Waals surface area contributed by atoms with E-state index in [1.807, 2.05) is 36.4 Å². The molecule has 7 heteroatoms. The summed E-state index contributed by atoms with van der Waals surface area (Å²) in [6.07, 6.45) is 1.66. The third-order valence-electron chi connectivity index (χ3n) is 4.47. The Labute approximate surface area is 156 Å². The molecule has 1 fully saturated rings. The summed E-state index contributed by atoms with van der Waals surface area (Å²) in [5.74, 6) is 1.37. The average Bonchev–Trinajstić information content (AvgIpc) is 2.74. The summed E-state index contributed by atoms with van der Waals surface area (Å²) in [4.78, 5) is 23.5. The standard InChI is InChI=1S/C20H20N4O3/c1-26-16-4-6-17-14(12-16)2-5-18(23-17)20(25)22-15-3-7-19(21-13-15)24-8-10-27-11-9-24/h2-7,12-13H,8-11H2,1H3,(H,22,25). The number of hydrogen-bond donors (Lipinski definition) is 1. The molecule has 1 aliphatic rings. The van der Waals surface area contributed by atoms with Gasteiger partial charge in [0.15, 0.2) is 0 Å². The van der Waals surface area contributed by atoms with Crippen LogP contribution >= 0.6 is 0 Å².